The number of rotatable bonds is 10. The Bertz CT molecular complexity index is 930. The molecule has 0 atom stereocenters. The smallest absolute Gasteiger partial charge is 0.283 e. The zero-order valence-corrected chi connectivity index (χ0v) is 17.5. The third kappa shape index (κ3) is 8.14. The molecule has 0 unspecified atom stereocenters. The lowest BCUT2D eigenvalue weighted by Crippen LogP contribution is -2.29. The highest BCUT2D eigenvalue weighted by atomic mass is 32.2. The van der Waals surface area contributed by atoms with Gasteiger partial charge in [0.25, 0.3) is 16.0 Å². The molecule has 29 heavy (non-hydrogen) atoms. The molecule has 0 radical (unpaired) electrons. The van der Waals surface area contributed by atoms with Gasteiger partial charge in [0.15, 0.2) is 0 Å². The monoisotopic (exact) mass is 422 g/mol. The molecule has 1 aromatic heterocycles. The van der Waals surface area contributed by atoms with Crippen LogP contribution in [0.1, 0.15) is 41.9 Å². The van der Waals surface area contributed by atoms with Crippen LogP contribution >= 0.6 is 0 Å². The largest absolute Gasteiger partial charge is 0.437 e. The number of hydrogen-bond acceptors (Lipinski definition) is 7. The first-order chi connectivity index (χ1) is 13.6. The summed E-state index contributed by atoms with van der Waals surface area (Å²) in [5, 5.41) is 5.44. The van der Waals surface area contributed by atoms with Gasteiger partial charge in [-0.05, 0) is 43.0 Å². The Kier molecular flexibility index (Phi) is 8.06. The topological polar surface area (TPSA) is 131 Å². The zero-order chi connectivity index (χ0) is 21.4. The van der Waals surface area contributed by atoms with Crippen molar-refractivity contribution in [2.45, 2.75) is 33.7 Å². The summed E-state index contributed by atoms with van der Waals surface area (Å²) < 4.78 is 35.7. The van der Waals surface area contributed by atoms with E-state index < -0.39 is 21.9 Å². The van der Waals surface area contributed by atoms with Crippen LogP contribution in [0, 0.1) is 12.8 Å². The molecule has 3 N–H and O–H groups in total. The normalized spacial score (nSPS) is 11.5. The summed E-state index contributed by atoms with van der Waals surface area (Å²) in [5.41, 5.74) is 1.99. The van der Waals surface area contributed by atoms with Crippen molar-refractivity contribution in [3.8, 4) is 11.6 Å². The van der Waals surface area contributed by atoms with Crippen molar-refractivity contribution >= 4 is 16.0 Å². The molecular formula is C19H26N4O5S. The zero-order valence-electron chi connectivity index (χ0n) is 16.7. The van der Waals surface area contributed by atoms with Gasteiger partial charge in [-0.3, -0.25) is 9.35 Å². The van der Waals surface area contributed by atoms with Crippen molar-refractivity contribution in [3.05, 3.63) is 47.4 Å². The average molecular weight is 423 g/mol. The maximum Gasteiger partial charge on any atom is 0.283 e. The van der Waals surface area contributed by atoms with E-state index >= 15 is 0 Å². The molecule has 0 aliphatic rings. The lowest BCUT2D eigenvalue weighted by atomic mass is 10.1. The Morgan fingerprint density at radius 3 is 2.59 bits per heavy atom. The number of benzene rings is 1. The van der Waals surface area contributed by atoms with Crippen molar-refractivity contribution in [2.24, 2.45) is 5.92 Å². The van der Waals surface area contributed by atoms with Crippen molar-refractivity contribution in [3.63, 3.8) is 0 Å². The Labute approximate surface area is 170 Å². The number of amides is 1. The van der Waals surface area contributed by atoms with Gasteiger partial charge < -0.3 is 15.4 Å². The number of aromatic nitrogens is 2. The Morgan fingerprint density at radius 1 is 1.24 bits per heavy atom. The summed E-state index contributed by atoms with van der Waals surface area (Å²) in [7, 11) is -4.31. The molecule has 0 aliphatic heterocycles. The molecule has 0 saturated carbocycles. The van der Waals surface area contributed by atoms with E-state index in [2.05, 4.69) is 29.1 Å². The molecule has 158 valence electrons. The second-order valence-corrected chi connectivity index (χ2v) is 8.49. The summed E-state index contributed by atoms with van der Waals surface area (Å²) in [6, 6.07) is 5.85. The fourth-order valence-corrected chi connectivity index (χ4v) is 2.72. The molecule has 1 amide bonds. The van der Waals surface area contributed by atoms with E-state index in [4.69, 9.17) is 9.29 Å². The third-order valence-corrected chi connectivity index (χ3v) is 4.47. The lowest BCUT2D eigenvalue weighted by Gasteiger charge is -2.11. The molecule has 0 saturated heterocycles. The Morgan fingerprint density at radius 2 is 2.00 bits per heavy atom. The van der Waals surface area contributed by atoms with Crippen molar-refractivity contribution in [1.82, 2.24) is 20.6 Å². The maximum atomic E-state index is 11.8. The molecular weight excluding hydrogens is 396 g/mol. The van der Waals surface area contributed by atoms with Gasteiger partial charge in [-0.25, -0.2) is 9.97 Å². The van der Waals surface area contributed by atoms with E-state index in [-0.39, 0.29) is 11.6 Å². The second-order valence-electron chi connectivity index (χ2n) is 7.03. The predicted molar refractivity (Wildman–Crippen MR) is 108 cm³/mol. The molecule has 0 spiro atoms. The van der Waals surface area contributed by atoms with Gasteiger partial charge in [0.05, 0.1) is 12.4 Å². The summed E-state index contributed by atoms with van der Waals surface area (Å²) in [6.45, 7) is 8.06. The molecule has 2 rings (SSSR count). The number of hydrogen-bond donors (Lipinski definition) is 3. The van der Waals surface area contributed by atoms with Crippen LogP contribution in [0.25, 0.3) is 0 Å². The van der Waals surface area contributed by atoms with E-state index in [9.17, 15) is 13.2 Å². The average Bonchev–Trinajstić information content (AvgIpc) is 2.65. The minimum absolute atomic E-state index is 0.0967. The van der Waals surface area contributed by atoms with E-state index in [1.165, 1.54) is 6.20 Å². The van der Waals surface area contributed by atoms with Crippen LogP contribution in [0.4, 0.5) is 0 Å². The van der Waals surface area contributed by atoms with Gasteiger partial charge >= 0.3 is 0 Å². The SMILES string of the molecule is Cc1cc(CNCCC(C)C)ccc1Oc1cnc(C(=O)NCS(=O)(=O)O)cn1. The molecule has 2 aromatic rings. The van der Waals surface area contributed by atoms with Gasteiger partial charge in [0.2, 0.25) is 5.88 Å². The van der Waals surface area contributed by atoms with Crippen LogP contribution in [0.2, 0.25) is 0 Å². The molecule has 0 aliphatic carbocycles. The van der Waals surface area contributed by atoms with E-state index in [1.54, 1.807) is 0 Å². The fourth-order valence-electron chi connectivity index (χ4n) is 2.41. The predicted octanol–water partition coefficient (Wildman–Crippen LogP) is 2.29. The van der Waals surface area contributed by atoms with Crippen LogP contribution < -0.4 is 15.4 Å². The van der Waals surface area contributed by atoms with E-state index in [0.29, 0.717) is 11.7 Å². The maximum absolute atomic E-state index is 11.8. The fraction of sp³-hybridized carbons (Fsp3) is 0.421. The van der Waals surface area contributed by atoms with Gasteiger partial charge in [-0.15, -0.1) is 0 Å². The molecule has 0 fully saturated rings. The highest BCUT2D eigenvalue weighted by molar-refractivity contribution is 7.85. The van der Waals surface area contributed by atoms with Crippen LogP contribution in [-0.4, -0.2) is 41.3 Å². The number of carbonyl (C=O) groups is 1. The number of nitrogens with zero attached hydrogens (tertiary/aromatic N) is 2. The number of ether oxygens (including phenoxy) is 1. The Hall–Kier alpha value is -2.56. The standard InChI is InChI=1S/C19H26N4O5S/c1-13(2)6-7-20-9-15-4-5-17(14(3)8-15)28-18-11-21-16(10-22-18)19(24)23-12-29(25,26)27/h4-5,8,10-11,13,20H,6-7,9,12H2,1-3H3,(H,23,24)(H,25,26,27). The van der Waals surface area contributed by atoms with Crippen molar-refractivity contribution in [1.29, 1.82) is 0 Å². The van der Waals surface area contributed by atoms with Crippen molar-refractivity contribution in [2.75, 3.05) is 12.4 Å². The molecule has 10 heteroatoms. The summed E-state index contributed by atoms with van der Waals surface area (Å²) in [4.78, 5) is 19.7. The molecule has 1 aromatic carbocycles. The van der Waals surface area contributed by atoms with Gasteiger partial charge in [-0.1, -0.05) is 26.0 Å². The third-order valence-electron chi connectivity index (χ3n) is 3.96. The van der Waals surface area contributed by atoms with Gasteiger partial charge in [0.1, 0.15) is 17.3 Å². The number of nitrogens with one attached hydrogen (secondary N) is 2. The second kappa shape index (κ2) is 10.3. The van der Waals surface area contributed by atoms with E-state index in [1.807, 2.05) is 30.4 Å². The van der Waals surface area contributed by atoms with E-state index in [0.717, 1.165) is 36.8 Å². The van der Waals surface area contributed by atoms with Crippen molar-refractivity contribution < 1.29 is 22.5 Å². The highest BCUT2D eigenvalue weighted by Crippen LogP contribution is 2.24. The summed E-state index contributed by atoms with van der Waals surface area (Å²) >= 11 is 0. The molecule has 1 heterocycles. The van der Waals surface area contributed by atoms with Gasteiger partial charge in [0, 0.05) is 6.54 Å². The quantitative estimate of drug-likeness (QED) is 0.393. The summed E-state index contributed by atoms with van der Waals surface area (Å²) in [6.07, 6.45) is 3.56. The first kappa shape index (κ1) is 22.7. The minimum atomic E-state index is -4.31. The molecule has 0 bridgehead atoms. The summed E-state index contributed by atoms with van der Waals surface area (Å²) in [5.74, 6) is -0.187. The van der Waals surface area contributed by atoms with Crippen LogP contribution in [-0.2, 0) is 16.7 Å². The number of carbonyl (C=O) groups excluding carboxylic acids is 1. The van der Waals surface area contributed by atoms with Crippen LogP contribution in [0.3, 0.4) is 0 Å². The Balaban J connectivity index is 1.93. The van der Waals surface area contributed by atoms with Crippen LogP contribution in [0.5, 0.6) is 11.6 Å². The highest BCUT2D eigenvalue weighted by Gasteiger charge is 2.12. The molecule has 9 nitrogen and oxygen atoms in total. The first-order valence-electron chi connectivity index (χ1n) is 9.17. The van der Waals surface area contributed by atoms with Crippen LogP contribution in [0.15, 0.2) is 30.6 Å². The van der Waals surface area contributed by atoms with Gasteiger partial charge in [-0.2, -0.15) is 8.42 Å². The first-order valence-corrected chi connectivity index (χ1v) is 10.8. The number of aryl methyl sites for hydroxylation is 1. The lowest BCUT2D eigenvalue weighted by molar-refractivity contribution is 0.0953. The minimum Gasteiger partial charge on any atom is -0.437 e.